The Morgan fingerprint density at radius 2 is 1.74 bits per heavy atom. The molecule has 0 aliphatic carbocycles. The predicted molar refractivity (Wildman–Crippen MR) is 85.3 cm³/mol. The molecule has 0 saturated carbocycles. The van der Waals surface area contributed by atoms with Gasteiger partial charge in [-0.2, -0.15) is 0 Å². The summed E-state index contributed by atoms with van der Waals surface area (Å²) in [5.74, 6) is 0.0954. The highest BCUT2D eigenvalue weighted by Gasteiger charge is 2.16. The minimum absolute atomic E-state index is 0.0954. The smallest absolute Gasteiger partial charge is 0.194 e. The van der Waals surface area contributed by atoms with Gasteiger partial charge in [0.2, 0.25) is 0 Å². The van der Waals surface area contributed by atoms with Gasteiger partial charge in [0.15, 0.2) is 5.78 Å². The number of rotatable bonds is 3. The van der Waals surface area contributed by atoms with Crippen molar-refractivity contribution in [3.05, 3.63) is 63.1 Å². The Kier molecular flexibility index (Phi) is 4.48. The lowest BCUT2D eigenvalue weighted by molar-refractivity contribution is 0.103. The third-order valence-electron chi connectivity index (χ3n) is 3.10. The Labute approximate surface area is 126 Å². The van der Waals surface area contributed by atoms with E-state index in [0.717, 1.165) is 31.6 Å². The first-order valence-corrected chi connectivity index (χ1v) is 8.01. The first-order chi connectivity index (χ1) is 9.04. The average molecular weight is 335 g/mol. The molecule has 0 radical (unpaired) electrons. The quantitative estimate of drug-likeness (QED) is 0.579. The van der Waals surface area contributed by atoms with E-state index in [1.165, 1.54) is 0 Å². The topological polar surface area (TPSA) is 17.1 Å². The van der Waals surface area contributed by atoms with Gasteiger partial charge in [0.05, 0.1) is 0 Å². The molecule has 3 heteroatoms. The summed E-state index contributed by atoms with van der Waals surface area (Å²) in [5, 5.41) is 0. The first kappa shape index (κ1) is 14.4. The number of ketones is 1. The van der Waals surface area contributed by atoms with Gasteiger partial charge in [-0.25, -0.2) is 0 Å². The van der Waals surface area contributed by atoms with Gasteiger partial charge in [-0.3, -0.25) is 4.79 Å². The summed E-state index contributed by atoms with van der Waals surface area (Å²) >= 11 is 5.10. The van der Waals surface area contributed by atoms with E-state index >= 15 is 0 Å². The molecule has 0 atom stereocenters. The van der Waals surface area contributed by atoms with Gasteiger partial charge >= 0.3 is 0 Å². The van der Waals surface area contributed by atoms with Gasteiger partial charge in [0.1, 0.15) is 0 Å². The van der Waals surface area contributed by atoms with Crippen LogP contribution in [-0.2, 0) is 0 Å². The van der Waals surface area contributed by atoms with Crippen molar-refractivity contribution in [2.24, 2.45) is 0 Å². The first-order valence-electron chi connectivity index (χ1n) is 5.99. The van der Waals surface area contributed by atoms with Crippen LogP contribution in [0.5, 0.6) is 0 Å². The minimum Gasteiger partial charge on any atom is -0.289 e. The Morgan fingerprint density at radius 3 is 2.42 bits per heavy atom. The molecule has 0 fully saturated rings. The van der Waals surface area contributed by atoms with Crippen LogP contribution in [0, 0.1) is 13.8 Å². The zero-order valence-corrected chi connectivity index (χ0v) is 13.6. The van der Waals surface area contributed by atoms with Crippen LogP contribution in [0.4, 0.5) is 0 Å². The number of hydrogen-bond donors (Lipinski definition) is 0. The molecule has 0 aliphatic rings. The van der Waals surface area contributed by atoms with Crippen molar-refractivity contribution in [2.45, 2.75) is 18.7 Å². The molecular weight excluding hydrogens is 320 g/mol. The van der Waals surface area contributed by atoms with Gasteiger partial charge in [-0.05, 0) is 55.5 Å². The van der Waals surface area contributed by atoms with E-state index < -0.39 is 0 Å². The summed E-state index contributed by atoms with van der Waals surface area (Å²) in [5.41, 5.74) is 3.64. The summed E-state index contributed by atoms with van der Waals surface area (Å²) in [7, 11) is 0. The lowest BCUT2D eigenvalue weighted by atomic mass is 9.97. The third-order valence-corrected chi connectivity index (χ3v) is 4.75. The van der Waals surface area contributed by atoms with E-state index in [0.29, 0.717) is 0 Å². The number of aryl methyl sites for hydroxylation is 2. The number of benzene rings is 2. The number of halogens is 1. The number of hydrogen-bond acceptors (Lipinski definition) is 2. The van der Waals surface area contributed by atoms with Crippen LogP contribution in [0.1, 0.15) is 27.0 Å². The van der Waals surface area contributed by atoms with Crippen molar-refractivity contribution in [2.75, 3.05) is 6.26 Å². The monoisotopic (exact) mass is 334 g/mol. The molecule has 0 aromatic heterocycles. The van der Waals surface area contributed by atoms with Gasteiger partial charge < -0.3 is 0 Å². The molecule has 2 aromatic carbocycles. The number of carbonyl (C=O) groups is 1. The van der Waals surface area contributed by atoms with E-state index in [-0.39, 0.29) is 5.78 Å². The third kappa shape index (κ3) is 2.93. The van der Waals surface area contributed by atoms with Crippen molar-refractivity contribution in [3.8, 4) is 0 Å². The molecule has 2 aromatic rings. The minimum atomic E-state index is 0.0954. The molecule has 19 heavy (non-hydrogen) atoms. The molecule has 0 spiro atoms. The molecule has 0 unspecified atom stereocenters. The van der Waals surface area contributed by atoms with Gasteiger partial charge in [-0.1, -0.05) is 28.1 Å². The maximum atomic E-state index is 12.7. The molecule has 0 bridgehead atoms. The molecular formula is C16H15BrOS. The molecule has 0 N–H and O–H groups in total. The summed E-state index contributed by atoms with van der Waals surface area (Å²) in [4.78, 5) is 13.7. The van der Waals surface area contributed by atoms with E-state index in [9.17, 15) is 4.79 Å². The lowest BCUT2D eigenvalue weighted by Gasteiger charge is -2.10. The van der Waals surface area contributed by atoms with Crippen LogP contribution in [0.2, 0.25) is 0 Å². The molecule has 0 heterocycles. The van der Waals surface area contributed by atoms with Crippen molar-refractivity contribution >= 4 is 33.5 Å². The van der Waals surface area contributed by atoms with Crippen LogP contribution in [0.25, 0.3) is 0 Å². The second kappa shape index (κ2) is 5.93. The Morgan fingerprint density at radius 1 is 1.05 bits per heavy atom. The van der Waals surface area contributed by atoms with E-state index in [2.05, 4.69) is 15.9 Å². The zero-order chi connectivity index (χ0) is 14.0. The maximum Gasteiger partial charge on any atom is 0.194 e. The second-order valence-electron chi connectivity index (χ2n) is 4.45. The van der Waals surface area contributed by atoms with Crippen molar-refractivity contribution in [1.29, 1.82) is 0 Å². The highest BCUT2D eigenvalue weighted by molar-refractivity contribution is 9.10. The molecule has 0 saturated heterocycles. The Balaban J connectivity index is 2.53. The summed E-state index contributed by atoms with van der Waals surface area (Å²) in [6.45, 7) is 3.97. The van der Waals surface area contributed by atoms with Gasteiger partial charge in [-0.15, -0.1) is 11.8 Å². The lowest BCUT2D eigenvalue weighted by Crippen LogP contribution is -2.06. The number of carbonyl (C=O) groups excluding carboxylic acids is 1. The van der Waals surface area contributed by atoms with Crippen LogP contribution >= 0.6 is 27.7 Å². The highest BCUT2D eigenvalue weighted by atomic mass is 79.9. The van der Waals surface area contributed by atoms with E-state index in [1.54, 1.807) is 11.8 Å². The zero-order valence-electron chi connectivity index (χ0n) is 11.2. The van der Waals surface area contributed by atoms with Gasteiger partial charge in [0.25, 0.3) is 0 Å². The van der Waals surface area contributed by atoms with E-state index in [4.69, 9.17) is 0 Å². The fourth-order valence-corrected chi connectivity index (χ4v) is 3.06. The van der Waals surface area contributed by atoms with E-state index in [1.807, 2.05) is 56.5 Å². The van der Waals surface area contributed by atoms with Crippen molar-refractivity contribution in [1.82, 2.24) is 0 Å². The van der Waals surface area contributed by atoms with Crippen LogP contribution in [0.3, 0.4) is 0 Å². The molecule has 98 valence electrons. The standard InChI is InChI=1S/C16H15BrOS/c1-10-9-14(17)11(2)8-13(10)16(18)12-6-4-5-7-15(12)19-3/h4-9H,1-3H3. The molecule has 2 rings (SSSR count). The fraction of sp³-hybridized carbons (Fsp3) is 0.188. The predicted octanol–water partition coefficient (Wildman–Crippen LogP) is 5.02. The average Bonchev–Trinajstić information content (AvgIpc) is 2.42. The Hall–Kier alpha value is -1.06. The SMILES string of the molecule is CSc1ccccc1C(=O)c1cc(C)c(Br)cc1C. The van der Waals surface area contributed by atoms with Crippen molar-refractivity contribution in [3.63, 3.8) is 0 Å². The summed E-state index contributed by atoms with van der Waals surface area (Å²) in [6, 6.07) is 11.7. The second-order valence-corrected chi connectivity index (χ2v) is 6.15. The highest BCUT2D eigenvalue weighted by Crippen LogP contribution is 2.26. The van der Waals surface area contributed by atoms with Crippen LogP contribution in [-0.4, -0.2) is 12.0 Å². The fourth-order valence-electron chi connectivity index (χ4n) is 2.00. The summed E-state index contributed by atoms with van der Waals surface area (Å²) in [6.07, 6.45) is 1.99. The number of thioether (sulfide) groups is 1. The van der Waals surface area contributed by atoms with Crippen molar-refractivity contribution < 1.29 is 4.79 Å². The largest absolute Gasteiger partial charge is 0.289 e. The molecule has 1 nitrogen and oxygen atoms in total. The normalized spacial score (nSPS) is 10.5. The maximum absolute atomic E-state index is 12.7. The molecule has 0 amide bonds. The van der Waals surface area contributed by atoms with Crippen LogP contribution in [0.15, 0.2) is 45.8 Å². The molecule has 0 aliphatic heterocycles. The van der Waals surface area contributed by atoms with Crippen LogP contribution < -0.4 is 0 Å². The summed E-state index contributed by atoms with van der Waals surface area (Å²) < 4.78 is 1.04. The van der Waals surface area contributed by atoms with Gasteiger partial charge in [0, 0.05) is 20.5 Å². The Bertz CT molecular complexity index is 635.